The topological polar surface area (TPSA) is 44.4 Å². The highest BCUT2D eigenvalue weighted by Crippen LogP contribution is 1.96. The molecule has 0 aliphatic rings. The van der Waals surface area contributed by atoms with Gasteiger partial charge in [-0.15, -0.1) is 6.58 Å². The summed E-state index contributed by atoms with van der Waals surface area (Å²) in [5.41, 5.74) is 0. The number of amides is 1. The number of carbonyl (C=O) groups excluding carboxylic acids is 1. The van der Waals surface area contributed by atoms with E-state index in [1.54, 1.807) is 6.08 Å². The molecule has 2 N–H and O–H groups in total. The lowest BCUT2D eigenvalue weighted by Gasteiger charge is -2.23. The standard InChI is InChI=1S/C11H23N3O/c1-5-7-13-11(15)10(2)14(4)9-6-8-12-3/h5,10,12H,1,6-9H2,2-4H3,(H,13,15). The maximum atomic E-state index is 11.6. The predicted octanol–water partition coefficient (Wildman–Crippen LogP) is 0.218. The van der Waals surface area contributed by atoms with Crippen LogP contribution in [0.4, 0.5) is 0 Å². The Hall–Kier alpha value is -0.870. The van der Waals surface area contributed by atoms with Gasteiger partial charge in [-0.05, 0) is 40.5 Å². The van der Waals surface area contributed by atoms with Crippen molar-refractivity contribution in [2.75, 3.05) is 33.7 Å². The smallest absolute Gasteiger partial charge is 0.237 e. The summed E-state index contributed by atoms with van der Waals surface area (Å²) in [4.78, 5) is 13.6. The van der Waals surface area contributed by atoms with Gasteiger partial charge in [0.2, 0.25) is 5.91 Å². The molecule has 1 amide bonds. The summed E-state index contributed by atoms with van der Waals surface area (Å²) < 4.78 is 0. The van der Waals surface area contributed by atoms with Gasteiger partial charge in [0, 0.05) is 6.54 Å². The third-order valence-corrected chi connectivity index (χ3v) is 2.40. The molecule has 0 fully saturated rings. The van der Waals surface area contributed by atoms with E-state index in [-0.39, 0.29) is 11.9 Å². The zero-order chi connectivity index (χ0) is 11.7. The second kappa shape index (κ2) is 8.44. The van der Waals surface area contributed by atoms with Gasteiger partial charge in [-0.3, -0.25) is 9.69 Å². The molecule has 0 spiro atoms. The highest BCUT2D eigenvalue weighted by Gasteiger charge is 2.16. The Balaban J connectivity index is 3.79. The first-order valence-electron chi connectivity index (χ1n) is 5.37. The molecule has 0 saturated heterocycles. The Morgan fingerprint density at radius 2 is 2.27 bits per heavy atom. The summed E-state index contributed by atoms with van der Waals surface area (Å²) in [6.07, 6.45) is 2.73. The molecule has 0 aliphatic heterocycles. The van der Waals surface area contributed by atoms with Crippen molar-refractivity contribution in [1.82, 2.24) is 15.5 Å². The minimum absolute atomic E-state index is 0.0573. The average Bonchev–Trinajstić information content (AvgIpc) is 2.24. The van der Waals surface area contributed by atoms with Gasteiger partial charge in [-0.1, -0.05) is 6.08 Å². The van der Waals surface area contributed by atoms with E-state index >= 15 is 0 Å². The van der Waals surface area contributed by atoms with E-state index in [1.165, 1.54) is 0 Å². The molecule has 0 aromatic carbocycles. The molecule has 1 atom stereocenters. The van der Waals surface area contributed by atoms with Gasteiger partial charge in [-0.2, -0.15) is 0 Å². The summed E-state index contributed by atoms with van der Waals surface area (Å²) in [6.45, 7) is 7.91. The Kier molecular flexibility index (Phi) is 7.95. The summed E-state index contributed by atoms with van der Waals surface area (Å²) in [5, 5.41) is 5.87. The fourth-order valence-corrected chi connectivity index (χ4v) is 1.22. The average molecular weight is 213 g/mol. The molecule has 0 bridgehead atoms. The number of nitrogens with one attached hydrogen (secondary N) is 2. The van der Waals surface area contributed by atoms with E-state index < -0.39 is 0 Å². The molecule has 0 aromatic heterocycles. The molecule has 0 aromatic rings. The van der Waals surface area contributed by atoms with Gasteiger partial charge < -0.3 is 10.6 Å². The van der Waals surface area contributed by atoms with E-state index in [0.29, 0.717) is 6.54 Å². The Bertz CT molecular complexity index is 194. The van der Waals surface area contributed by atoms with Crippen molar-refractivity contribution in [3.63, 3.8) is 0 Å². The molecule has 15 heavy (non-hydrogen) atoms. The largest absolute Gasteiger partial charge is 0.351 e. The number of likely N-dealkylation sites (N-methyl/N-ethyl adjacent to an activating group) is 1. The molecular formula is C11H23N3O. The molecule has 88 valence electrons. The van der Waals surface area contributed by atoms with Crippen molar-refractivity contribution < 1.29 is 4.79 Å². The van der Waals surface area contributed by atoms with Crippen LogP contribution in [0.3, 0.4) is 0 Å². The quantitative estimate of drug-likeness (QED) is 0.448. The molecule has 0 radical (unpaired) electrons. The lowest BCUT2D eigenvalue weighted by molar-refractivity contribution is -0.125. The van der Waals surface area contributed by atoms with Gasteiger partial charge in [0.15, 0.2) is 0 Å². The molecule has 1 unspecified atom stereocenters. The van der Waals surface area contributed by atoms with Gasteiger partial charge >= 0.3 is 0 Å². The van der Waals surface area contributed by atoms with Crippen molar-refractivity contribution in [2.45, 2.75) is 19.4 Å². The van der Waals surface area contributed by atoms with Crippen molar-refractivity contribution in [3.05, 3.63) is 12.7 Å². The molecular weight excluding hydrogens is 190 g/mol. The molecule has 0 aliphatic carbocycles. The number of rotatable bonds is 8. The van der Waals surface area contributed by atoms with Crippen LogP contribution in [-0.2, 0) is 4.79 Å². The minimum Gasteiger partial charge on any atom is -0.351 e. The van der Waals surface area contributed by atoms with Crippen LogP contribution >= 0.6 is 0 Å². The summed E-state index contributed by atoms with van der Waals surface area (Å²) >= 11 is 0. The van der Waals surface area contributed by atoms with Crippen LogP contribution in [-0.4, -0.2) is 50.6 Å². The molecule has 0 rings (SSSR count). The molecule has 4 heteroatoms. The van der Waals surface area contributed by atoms with Crippen LogP contribution < -0.4 is 10.6 Å². The first-order chi connectivity index (χ1) is 7.13. The summed E-state index contributed by atoms with van der Waals surface area (Å²) in [5.74, 6) is 0.0573. The Morgan fingerprint density at radius 1 is 1.60 bits per heavy atom. The fourth-order valence-electron chi connectivity index (χ4n) is 1.22. The van der Waals surface area contributed by atoms with Gasteiger partial charge in [-0.25, -0.2) is 0 Å². The second-order valence-electron chi connectivity index (χ2n) is 3.65. The first-order valence-corrected chi connectivity index (χ1v) is 5.37. The monoisotopic (exact) mass is 213 g/mol. The Labute approximate surface area is 92.7 Å². The SMILES string of the molecule is C=CCNC(=O)C(C)N(C)CCCNC. The van der Waals surface area contributed by atoms with Crippen molar-refractivity contribution in [1.29, 1.82) is 0 Å². The van der Waals surface area contributed by atoms with E-state index in [2.05, 4.69) is 22.1 Å². The van der Waals surface area contributed by atoms with Crippen LogP contribution in [0.2, 0.25) is 0 Å². The summed E-state index contributed by atoms with van der Waals surface area (Å²) in [7, 11) is 3.90. The number of hydrogen-bond acceptors (Lipinski definition) is 3. The fraction of sp³-hybridized carbons (Fsp3) is 0.727. The van der Waals surface area contributed by atoms with Crippen LogP contribution in [0.15, 0.2) is 12.7 Å². The second-order valence-corrected chi connectivity index (χ2v) is 3.65. The molecule has 0 saturated carbocycles. The maximum Gasteiger partial charge on any atom is 0.237 e. The van der Waals surface area contributed by atoms with Crippen molar-refractivity contribution in [3.8, 4) is 0 Å². The number of hydrogen-bond donors (Lipinski definition) is 2. The maximum absolute atomic E-state index is 11.6. The lowest BCUT2D eigenvalue weighted by Crippen LogP contribution is -2.43. The van der Waals surface area contributed by atoms with Crippen molar-refractivity contribution in [2.24, 2.45) is 0 Å². The first kappa shape index (κ1) is 14.1. The predicted molar refractivity (Wildman–Crippen MR) is 63.8 cm³/mol. The third kappa shape index (κ3) is 6.25. The van der Waals surface area contributed by atoms with Gasteiger partial charge in [0.05, 0.1) is 6.04 Å². The van der Waals surface area contributed by atoms with E-state index in [4.69, 9.17) is 0 Å². The van der Waals surface area contributed by atoms with E-state index in [0.717, 1.165) is 19.5 Å². The van der Waals surface area contributed by atoms with Crippen LogP contribution in [0, 0.1) is 0 Å². The van der Waals surface area contributed by atoms with Gasteiger partial charge in [0.25, 0.3) is 0 Å². The lowest BCUT2D eigenvalue weighted by atomic mass is 10.2. The highest BCUT2D eigenvalue weighted by atomic mass is 16.2. The van der Waals surface area contributed by atoms with Gasteiger partial charge in [0.1, 0.15) is 0 Å². The zero-order valence-corrected chi connectivity index (χ0v) is 10.0. The highest BCUT2D eigenvalue weighted by molar-refractivity contribution is 5.81. The van der Waals surface area contributed by atoms with Crippen LogP contribution in [0.1, 0.15) is 13.3 Å². The van der Waals surface area contributed by atoms with E-state index in [1.807, 2.05) is 21.0 Å². The van der Waals surface area contributed by atoms with Crippen molar-refractivity contribution >= 4 is 5.91 Å². The molecule has 4 nitrogen and oxygen atoms in total. The van der Waals surface area contributed by atoms with E-state index in [9.17, 15) is 4.79 Å². The number of nitrogens with zero attached hydrogens (tertiary/aromatic N) is 1. The Morgan fingerprint density at radius 3 is 2.80 bits per heavy atom. The van der Waals surface area contributed by atoms with Crippen LogP contribution in [0.25, 0.3) is 0 Å². The normalized spacial score (nSPS) is 12.5. The minimum atomic E-state index is -0.0817. The molecule has 0 heterocycles. The zero-order valence-electron chi connectivity index (χ0n) is 10.0. The number of carbonyl (C=O) groups is 1. The summed E-state index contributed by atoms with van der Waals surface area (Å²) in [6, 6.07) is -0.0817. The third-order valence-electron chi connectivity index (χ3n) is 2.40. The van der Waals surface area contributed by atoms with Crippen LogP contribution in [0.5, 0.6) is 0 Å².